The van der Waals surface area contributed by atoms with Crippen LogP contribution in [0.4, 0.5) is 0 Å². The summed E-state index contributed by atoms with van der Waals surface area (Å²) in [5.74, 6) is 0. The molecule has 4 heteroatoms. The Balaban J connectivity index is 1.66. The van der Waals surface area contributed by atoms with Gasteiger partial charge in [0.2, 0.25) is 0 Å². The Hall–Kier alpha value is -2.83. The topological polar surface area (TPSA) is 9.86 Å². The molecule has 0 N–H and O–H groups in total. The minimum absolute atomic E-state index is 1.32. The molecule has 0 aliphatic heterocycles. The number of aromatic nitrogens is 2. The quantitative estimate of drug-likeness (QED) is 0.184. The third-order valence-corrected chi connectivity index (χ3v) is 11.7. The third kappa shape index (κ3) is 3.05. The molecule has 2 heterocycles. The van der Waals surface area contributed by atoms with Gasteiger partial charge in [0.15, 0.2) is 0 Å². The van der Waals surface area contributed by atoms with E-state index in [1.165, 1.54) is 64.8 Å². The molecule has 0 amide bonds. The second kappa shape index (κ2) is 6.86. The first kappa shape index (κ1) is 21.7. The zero-order valence-electron chi connectivity index (χ0n) is 21.7. The summed E-state index contributed by atoms with van der Waals surface area (Å²) < 4.78 is 4.85. The van der Waals surface area contributed by atoms with Crippen LogP contribution >= 0.6 is 0 Å². The van der Waals surface area contributed by atoms with E-state index in [4.69, 9.17) is 0 Å². The van der Waals surface area contributed by atoms with Crippen molar-refractivity contribution in [2.45, 2.75) is 39.3 Å². The first-order chi connectivity index (χ1) is 15.9. The van der Waals surface area contributed by atoms with Gasteiger partial charge in [-0.2, -0.15) is 0 Å². The zero-order valence-corrected chi connectivity index (χ0v) is 23.7. The van der Waals surface area contributed by atoms with Crippen LogP contribution in [0.2, 0.25) is 39.3 Å². The summed E-state index contributed by atoms with van der Waals surface area (Å²) in [6.45, 7) is 14.6. The van der Waals surface area contributed by atoms with Gasteiger partial charge in [0.05, 0.1) is 16.1 Å². The molecule has 0 aliphatic rings. The fourth-order valence-electron chi connectivity index (χ4n) is 5.98. The monoisotopic (exact) mass is 478 g/mol. The lowest BCUT2D eigenvalue weighted by atomic mass is 9.95. The van der Waals surface area contributed by atoms with Crippen LogP contribution in [0.1, 0.15) is 0 Å². The highest BCUT2D eigenvalue weighted by Crippen LogP contribution is 2.35. The van der Waals surface area contributed by atoms with Gasteiger partial charge in [-0.3, -0.25) is 0 Å². The molecule has 4 aromatic carbocycles. The highest BCUT2D eigenvalue weighted by molar-refractivity contribution is 6.88. The minimum Gasteiger partial charge on any atom is -0.352 e. The summed E-state index contributed by atoms with van der Waals surface area (Å²) >= 11 is 0. The maximum atomic E-state index is 2.44. The zero-order chi connectivity index (χ0) is 24.2. The van der Waals surface area contributed by atoms with Crippen molar-refractivity contribution < 1.29 is 0 Å². The number of hydrogen-bond donors (Lipinski definition) is 0. The molecule has 0 saturated carbocycles. The summed E-state index contributed by atoms with van der Waals surface area (Å²) in [5, 5.41) is 13.8. The maximum Gasteiger partial charge on any atom is 0.0984 e. The van der Waals surface area contributed by atoms with E-state index in [2.05, 4.69) is 123 Å². The van der Waals surface area contributed by atoms with Crippen LogP contribution in [0.25, 0.3) is 54.1 Å². The normalized spacial score (nSPS) is 13.3. The van der Waals surface area contributed by atoms with Gasteiger partial charge in [0.1, 0.15) is 0 Å². The number of nitrogens with zero attached hydrogens (tertiary/aromatic N) is 2. The van der Waals surface area contributed by atoms with Crippen LogP contribution in [0.5, 0.6) is 0 Å². The number of rotatable bonds is 2. The van der Waals surface area contributed by atoms with Gasteiger partial charge in [0, 0.05) is 46.5 Å². The summed E-state index contributed by atoms with van der Waals surface area (Å²) in [4.78, 5) is 0. The molecule has 0 bridgehead atoms. The van der Waals surface area contributed by atoms with Crippen LogP contribution in [0.15, 0.2) is 60.7 Å². The Kier molecular flexibility index (Phi) is 4.38. The van der Waals surface area contributed by atoms with E-state index in [-0.39, 0.29) is 0 Å². The molecule has 0 aliphatic carbocycles. The van der Waals surface area contributed by atoms with Gasteiger partial charge < -0.3 is 9.13 Å². The predicted octanol–water partition coefficient (Wildman–Crippen LogP) is 7.22. The average molecular weight is 479 g/mol. The molecule has 6 aromatic rings. The Morgan fingerprint density at radius 3 is 1.18 bits per heavy atom. The average Bonchev–Trinajstić information content (AvgIpc) is 3.27. The Labute approximate surface area is 203 Å². The number of aryl methyl sites for hydroxylation is 2. The molecule has 34 heavy (non-hydrogen) atoms. The van der Waals surface area contributed by atoms with E-state index in [0.717, 1.165) is 0 Å². The van der Waals surface area contributed by atoms with Crippen molar-refractivity contribution in [1.29, 1.82) is 0 Å². The lowest BCUT2D eigenvalue weighted by molar-refractivity contribution is 0.996. The van der Waals surface area contributed by atoms with Crippen molar-refractivity contribution in [1.82, 2.24) is 9.13 Å². The second-order valence-corrected chi connectivity index (χ2v) is 22.2. The molecule has 0 radical (unpaired) electrons. The van der Waals surface area contributed by atoms with Crippen LogP contribution in [-0.2, 0) is 14.1 Å². The van der Waals surface area contributed by atoms with Gasteiger partial charge >= 0.3 is 0 Å². The lowest BCUT2D eigenvalue weighted by Gasteiger charge is -2.17. The SMILES string of the molecule is Cn1c([Si](C)(C)C)cc2cc3c(ccc4c5cc6cc([Si](C)(C)C)n(C)c6cc5ccc34)cc21. The largest absolute Gasteiger partial charge is 0.352 e. The summed E-state index contributed by atoms with van der Waals surface area (Å²) in [5.41, 5.74) is 2.69. The lowest BCUT2D eigenvalue weighted by Crippen LogP contribution is -2.41. The molecule has 0 spiro atoms. The molecule has 6 rings (SSSR count). The molecule has 2 aromatic heterocycles. The van der Waals surface area contributed by atoms with E-state index in [1.807, 2.05) is 0 Å². The third-order valence-electron chi connectivity index (χ3n) is 7.69. The smallest absolute Gasteiger partial charge is 0.0984 e. The van der Waals surface area contributed by atoms with Gasteiger partial charge in [-0.05, 0) is 68.7 Å². The van der Waals surface area contributed by atoms with Crippen molar-refractivity contribution >= 4 is 80.9 Å². The molecular formula is C30H34N2Si2. The molecule has 2 nitrogen and oxygen atoms in total. The number of fused-ring (bicyclic) bond motifs is 7. The number of hydrogen-bond acceptors (Lipinski definition) is 0. The van der Waals surface area contributed by atoms with Gasteiger partial charge in [0.25, 0.3) is 0 Å². The summed E-state index contributed by atoms with van der Waals surface area (Å²) in [6.07, 6.45) is 0. The van der Waals surface area contributed by atoms with E-state index in [0.29, 0.717) is 0 Å². The van der Waals surface area contributed by atoms with Crippen molar-refractivity contribution in [3.63, 3.8) is 0 Å². The maximum absolute atomic E-state index is 2.44. The summed E-state index contributed by atoms with van der Waals surface area (Å²) in [7, 11) is 1.65. The van der Waals surface area contributed by atoms with Gasteiger partial charge in [-0.15, -0.1) is 0 Å². The van der Waals surface area contributed by atoms with Gasteiger partial charge in [-0.25, -0.2) is 0 Å². The van der Waals surface area contributed by atoms with Crippen molar-refractivity contribution in [3.05, 3.63) is 60.7 Å². The predicted molar refractivity (Wildman–Crippen MR) is 158 cm³/mol. The first-order valence-electron chi connectivity index (χ1n) is 12.3. The molecule has 0 atom stereocenters. The summed E-state index contributed by atoms with van der Waals surface area (Å²) in [6, 6.07) is 23.8. The highest BCUT2D eigenvalue weighted by atomic mass is 28.3. The van der Waals surface area contributed by atoms with Crippen LogP contribution in [-0.4, -0.2) is 25.3 Å². The van der Waals surface area contributed by atoms with Crippen molar-refractivity contribution in [3.8, 4) is 0 Å². The molecule has 172 valence electrons. The van der Waals surface area contributed by atoms with Crippen molar-refractivity contribution in [2.24, 2.45) is 14.1 Å². The van der Waals surface area contributed by atoms with Crippen molar-refractivity contribution in [2.75, 3.05) is 0 Å². The van der Waals surface area contributed by atoms with E-state index < -0.39 is 16.1 Å². The van der Waals surface area contributed by atoms with Gasteiger partial charge in [-0.1, -0.05) is 63.5 Å². The fraction of sp³-hybridized carbons (Fsp3) is 0.267. The highest BCUT2D eigenvalue weighted by Gasteiger charge is 2.23. The minimum atomic E-state index is -1.41. The van der Waals surface area contributed by atoms with E-state index >= 15 is 0 Å². The van der Waals surface area contributed by atoms with E-state index in [1.54, 1.807) is 0 Å². The fourth-order valence-corrected chi connectivity index (χ4v) is 9.41. The Bertz CT molecular complexity index is 1650. The molecule has 0 fully saturated rings. The van der Waals surface area contributed by atoms with Crippen LogP contribution < -0.4 is 10.6 Å². The number of benzene rings is 4. The van der Waals surface area contributed by atoms with Crippen LogP contribution in [0, 0.1) is 0 Å². The van der Waals surface area contributed by atoms with Crippen LogP contribution in [0.3, 0.4) is 0 Å². The molecule has 0 unspecified atom stereocenters. The standard InChI is InChI=1S/C30H34N2Si2/c1-31-27-15-19-9-11-24-23(25(19)13-21(27)17-29(31)33(3,4)5)12-10-20-16-28-22(14-26(20)24)18-30(32(28)2)34(6,7)8/h9-18H,1-8H3. The Morgan fingerprint density at radius 1 is 0.441 bits per heavy atom. The molecular weight excluding hydrogens is 445 g/mol. The second-order valence-electron chi connectivity index (χ2n) is 12.2. The molecule has 0 saturated heterocycles. The first-order valence-corrected chi connectivity index (χ1v) is 19.3. The van der Waals surface area contributed by atoms with E-state index in [9.17, 15) is 0 Å². The Morgan fingerprint density at radius 2 is 0.824 bits per heavy atom.